The van der Waals surface area contributed by atoms with Gasteiger partial charge in [-0.1, -0.05) is 0 Å². The molecule has 1 aliphatic heterocycles. The van der Waals surface area contributed by atoms with Gasteiger partial charge in [0.1, 0.15) is 11.6 Å². The summed E-state index contributed by atoms with van der Waals surface area (Å²) < 4.78 is 20.1. The van der Waals surface area contributed by atoms with Gasteiger partial charge in [0, 0.05) is 43.9 Å². The summed E-state index contributed by atoms with van der Waals surface area (Å²) in [4.78, 5) is 26.0. The Hall–Kier alpha value is -3.20. The maximum atomic E-state index is 14.5. The number of fused-ring (bicyclic) bond motifs is 1. The zero-order chi connectivity index (χ0) is 25.3. The number of nitrogens with zero attached hydrogens (tertiary/aromatic N) is 4. The highest BCUT2D eigenvalue weighted by Crippen LogP contribution is 3.05. The van der Waals surface area contributed by atoms with Gasteiger partial charge in [-0.2, -0.15) is 5.10 Å². The van der Waals surface area contributed by atoms with E-state index in [4.69, 9.17) is 5.10 Å². The second kappa shape index (κ2) is 5.93. The standard InChI is InChI=1S/C28H29FN6O2/c1-11-9-15(10-12(2)24(11)29)35-25(17-13(3)30-6-5-16(17)32-35)33-7-8-34(26(33)37)28-21-18-22(28)20-23(28)19(21)27(18,20)31-14(4)36/h7-10,13,18-23,30H,5-6H2,1-4H3,(H,31,36)/t13-,18?,19?,20?,21?,22?,23?,27?,28?/m0/s1. The van der Waals surface area contributed by atoms with Crippen LogP contribution in [0.5, 0.6) is 0 Å². The smallest absolute Gasteiger partial charge is 0.334 e. The number of hydrogen-bond acceptors (Lipinski definition) is 4. The van der Waals surface area contributed by atoms with Crippen molar-refractivity contribution < 1.29 is 9.18 Å². The van der Waals surface area contributed by atoms with Crippen LogP contribution in [0.3, 0.4) is 0 Å². The molecule has 6 saturated carbocycles. The van der Waals surface area contributed by atoms with Crippen LogP contribution in [0.4, 0.5) is 4.39 Å². The van der Waals surface area contributed by atoms with Crippen molar-refractivity contribution in [3.63, 3.8) is 0 Å². The van der Waals surface area contributed by atoms with Crippen molar-refractivity contribution in [2.75, 3.05) is 6.54 Å². The average molecular weight is 501 g/mol. The summed E-state index contributed by atoms with van der Waals surface area (Å²) in [5.74, 6) is 3.76. The highest BCUT2D eigenvalue weighted by molar-refractivity contribution is 5.77. The van der Waals surface area contributed by atoms with Gasteiger partial charge in [-0.15, -0.1) is 0 Å². The van der Waals surface area contributed by atoms with E-state index >= 15 is 0 Å². The normalized spacial score (nSPS) is 40.4. The van der Waals surface area contributed by atoms with Gasteiger partial charge in [0.2, 0.25) is 5.91 Å². The molecule has 9 heteroatoms. The minimum Gasteiger partial charge on any atom is -0.350 e. The lowest BCUT2D eigenvalue weighted by Gasteiger charge is -3.10. The number of rotatable bonds is 4. The molecule has 6 fully saturated rings. The van der Waals surface area contributed by atoms with Crippen molar-refractivity contribution in [3.05, 3.63) is 63.2 Å². The Balaban J connectivity index is 1.17. The number of halogens is 1. The number of benzene rings is 1. The molecule has 0 spiro atoms. The zero-order valence-electron chi connectivity index (χ0n) is 21.2. The van der Waals surface area contributed by atoms with Gasteiger partial charge in [0.15, 0.2) is 0 Å². The summed E-state index contributed by atoms with van der Waals surface area (Å²) in [6.07, 6.45) is 4.65. The van der Waals surface area contributed by atoms with Crippen molar-refractivity contribution in [1.82, 2.24) is 29.5 Å². The molecule has 1 aromatic carbocycles. The largest absolute Gasteiger partial charge is 0.350 e. The molecule has 3 aromatic rings. The number of aromatic nitrogens is 4. The van der Waals surface area contributed by atoms with Gasteiger partial charge >= 0.3 is 5.69 Å². The predicted octanol–water partition coefficient (Wildman–Crippen LogP) is 2.12. The molecular formula is C28H29FN6O2. The van der Waals surface area contributed by atoms with Gasteiger partial charge in [0.25, 0.3) is 0 Å². The number of carbonyl (C=O) groups is 1. The fraction of sp³-hybridized carbons (Fsp3) is 0.536. The number of hydrogen-bond donors (Lipinski definition) is 2. The van der Waals surface area contributed by atoms with Gasteiger partial charge in [-0.05, 0) is 79.5 Å². The Morgan fingerprint density at radius 2 is 1.76 bits per heavy atom. The quantitative estimate of drug-likeness (QED) is 0.575. The third-order valence-electron chi connectivity index (χ3n) is 11.3. The van der Waals surface area contributed by atoms with Crippen LogP contribution in [0.15, 0.2) is 29.3 Å². The summed E-state index contributed by atoms with van der Waals surface area (Å²) in [6.45, 7) is 8.09. The van der Waals surface area contributed by atoms with Crippen LogP contribution in [0.1, 0.15) is 42.3 Å². The Kier molecular flexibility index (Phi) is 3.33. The number of imidazole rings is 1. The van der Waals surface area contributed by atoms with Crippen LogP contribution in [-0.4, -0.2) is 36.9 Å². The monoisotopic (exact) mass is 500 g/mol. The summed E-state index contributed by atoms with van der Waals surface area (Å²) in [6, 6.07) is 3.67. The molecule has 0 radical (unpaired) electrons. The van der Waals surface area contributed by atoms with Crippen molar-refractivity contribution >= 4 is 5.91 Å². The molecule has 190 valence electrons. The Bertz CT molecular complexity index is 1580. The fourth-order valence-electron chi connectivity index (χ4n) is 10.4. The lowest BCUT2D eigenvalue weighted by Crippen LogP contribution is -3.17. The van der Waals surface area contributed by atoms with Crippen molar-refractivity contribution in [2.24, 2.45) is 35.5 Å². The molecule has 0 bridgehead atoms. The predicted molar refractivity (Wildman–Crippen MR) is 132 cm³/mol. The van der Waals surface area contributed by atoms with E-state index < -0.39 is 0 Å². The first-order chi connectivity index (χ1) is 17.7. The summed E-state index contributed by atoms with van der Waals surface area (Å²) in [5, 5.41) is 11.8. The van der Waals surface area contributed by atoms with Crippen LogP contribution >= 0.6 is 0 Å². The van der Waals surface area contributed by atoms with Gasteiger partial charge in [0.05, 0.1) is 22.5 Å². The third-order valence-corrected chi connectivity index (χ3v) is 11.3. The number of amides is 1. The molecule has 1 atom stereocenters. The van der Waals surface area contributed by atoms with E-state index in [9.17, 15) is 14.0 Å². The minimum absolute atomic E-state index is 0.0263. The van der Waals surface area contributed by atoms with Crippen LogP contribution < -0.4 is 16.3 Å². The molecule has 2 N–H and O–H groups in total. The summed E-state index contributed by atoms with van der Waals surface area (Å²) in [7, 11) is 0. The lowest BCUT2D eigenvalue weighted by molar-refractivity contribution is -0.612. The maximum absolute atomic E-state index is 14.5. The van der Waals surface area contributed by atoms with Crippen LogP contribution in [-0.2, 0) is 16.8 Å². The average Bonchev–Trinajstić information content (AvgIpc) is 3.43. The van der Waals surface area contributed by atoms with Gasteiger partial charge in [-0.3, -0.25) is 13.9 Å². The Morgan fingerprint density at radius 3 is 2.38 bits per heavy atom. The Labute approximate surface area is 212 Å². The van der Waals surface area contributed by atoms with Crippen LogP contribution in [0.2, 0.25) is 0 Å². The SMILES string of the molecule is CC(=O)NC12C3C4C1C1C2C3C41n1ccn(-c2c3c(nn2-c2cc(C)c(F)c(C)c2)CCN[C@H]3C)c1=O. The van der Waals surface area contributed by atoms with E-state index in [0.717, 1.165) is 35.7 Å². The number of nitrogens with one attached hydrogen (secondary N) is 2. The van der Waals surface area contributed by atoms with E-state index in [1.807, 2.05) is 33.8 Å². The summed E-state index contributed by atoms with van der Waals surface area (Å²) in [5.41, 5.74) is 3.87. The molecule has 7 aliphatic rings. The molecule has 6 aliphatic carbocycles. The molecule has 3 heterocycles. The first-order valence-corrected chi connectivity index (χ1v) is 13.5. The molecule has 8 nitrogen and oxygen atoms in total. The van der Waals surface area contributed by atoms with Gasteiger partial charge in [-0.25, -0.2) is 13.9 Å². The van der Waals surface area contributed by atoms with Crippen LogP contribution in [0, 0.1) is 55.2 Å². The van der Waals surface area contributed by atoms with Crippen molar-refractivity contribution in [2.45, 2.75) is 51.2 Å². The first kappa shape index (κ1) is 20.8. The Morgan fingerprint density at radius 1 is 1.11 bits per heavy atom. The highest BCUT2D eigenvalue weighted by Gasteiger charge is 3.11. The molecule has 0 unspecified atom stereocenters. The van der Waals surface area contributed by atoms with E-state index in [2.05, 4.69) is 17.6 Å². The fourth-order valence-corrected chi connectivity index (χ4v) is 10.4. The molecule has 37 heavy (non-hydrogen) atoms. The first-order valence-electron chi connectivity index (χ1n) is 13.5. The maximum Gasteiger partial charge on any atom is 0.334 e. The van der Waals surface area contributed by atoms with E-state index in [-0.39, 0.29) is 34.5 Å². The van der Waals surface area contributed by atoms with Crippen molar-refractivity contribution in [3.8, 4) is 11.5 Å². The van der Waals surface area contributed by atoms with Crippen molar-refractivity contribution in [1.29, 1.82) is 0 Å². The van der Waals surface area contributed by atoms with E-state index in [1.54, 1.807) is 25.3 Å². The number of aryl methyl sites for hydroxylation is 2. The summed E-state index contributed by atoms with van der Waals surface area (Å²) >= 11 is 0. The highest BCUT2D eigenvalue weighted by atomic mass is 19.1. The number of carbonyl (C=O) groups excluding carboxylic acids is 1. The lowest BCUT2D eigenvalue weighted by atomic mass is 8.96. The van der Waals surface area contributed by atoms with Gasteiger partial charge < -0.3 is 10.6 Å². The molecule has 10 rings (SSSR count). The topological polar surface area (TPSA) is 85.9 Å². The van der Waals surface area contributed by atoms with Crippen LogP contribution in [0.25, 0.3) is 11.5 Å². The zero-order valence-corrected chi connectivity index (χ0v) is 21.2. The third kappa shape index (κ3) is 1.82. The molecule has 1 amide bonds. The second-order valence-electron chi connectivity index (χ2n) is 12.4. The minimum atomic E-state index is -0.210. The molecular weight excluding hydrogens is 471 g/mol. The molecule has 2 aromatic heterocycles. The van der Waals surface area contributed by atoms with E-state index in [0.29, 0.717) is 46.6 Å². The van der Waals surface area contributed by atoms with E-state index in [1.165, 1.54) is 0 Å². The second-order valence-corrected chi connectivity index (χ2v) is 12.4. The molecule has 0 saturated heterocycles.